The summed E-state index contributed by atoms with van der Waals surface area (Å²) in [6, 6.07) is 6.71. The number of carbonyl (C=O) groups is 1. The molecule has 0 fully saturated rings. The second-order valence-corrected chi connectivity index (χ2v) is 2.39. The summed E-state index contributed by atoms with van der Waals surface area (Å²) in [6.07, 6.45) is 0. The number of hydrogen-bond donors (Lipinski definition) is 0. The number of methoxy groups -OCH3 is 1. The molecule has 0 spiro atoms. The van der Waals surface area contributed by atoms with Gasteiger partial charge in [0, 0.05) is 5.56 Å². The number of carbonyl (C=O) groups excluding carboxylic acids is 1. The van der Waals surface area contributed by atoms with E-state index in [2.05, 4.69) is 12.6 Å². The Morgan fingerprint density at radius 1 is 1.36 bits per heavy atom. The molecule has 1 radical (unpaired) electrons. The van der Waals surface area contributed by atoms with Crippen LogP contribution in [0.3, 0.4) is 0 Å². The molecule has 0 unspecified atom stereocenters. The van der Waals surface area contributed by atoms with Crippen molar-refractivity contribution in [1.82, 2.24) is 0 Å². The van der Waals surface area contributed by atoms with Crippen molar-refractivity contribution in [3.05, 3.63) is 29.8 Å². The highest BCUT2D eigenvalue weighted by Gasteiger charge is 1.99. The van der Waals surface area contributed by atoms with E-state index >= 15 is 0 Å². The summed E-state index contributed by atoms with van der Waals surface area (Å²) in [5.74, 6) is 0.727. The van der Waals surface area contributed by atoms with Crippen molar-refractivity contribution >= 4 is 17.7 Å². The molecule has 0 saturated heterocycles. The summed E-state index contributed by atoms with van der Waals surface area (Å²) in [5, 5.41) is -0.340. The molecule has 11 heavy (non-hydrogen) atoms. The Labute approximate surface area is 70.6 Å². The second-order valence-electron chi connectivity index (χ2n) is 2.02. The molecule has 1 aromatic rings. The lowest BCUT2D eigenvalue weighted by molar-refractivity contribution is 0.109. The van der Waals surface area contributed by atoms with Crippen molar-refractivity contribution in [3.8, 4) is 5.75 Å². The summed E-state index contributed by atoms with van der Waals surface area (Å²) < 4.78 is 4.90. The first kappa shape index (κ1) is 8.01. The van der Waals surface area contributed by atoms with E-state index in [1.807, 2.05) is 0 Å². The monoisotopic (exact) mass is 167 g/mol. The summed E-state index contributed by atoms with van der Waals surface area (Å²) in [7, 11) is 1.57. The maximum absolute atomic E-state index is 10.6. The minimum absolute atomic E-state index is 0.340. The van der Waals surface area contributed by atoms with E-state index in [0.29, 0.717) is 5.56 Å². The quantitative estimate of drug-likeness (QED) is 0.673. The fraction of sp³-hybridized carbons (Fsp3) is 0.125. The minimum atomic E-state index is -0.340. The third-order valence-electron chi connectivity index (χ3n) is 1.33. The Morgan fingerprint density at radius 3 is 2.27 bits per heavy atom. The fourth-order valence-electron chi connectivity index (χ4n) is 0.727. The van der Waals surface area contributed by atoms with Crippen LogP contribution in [0.25, 0.3) is 0 Å². The first-order valence-corrected chi connectivity index (χ1v) is 3.50. The van der Waals surface area contributed by atoms with Gasteiger partial charge in [-0.3, -0.25) is 4.79 Å². The summed E-state index contributed by atoms with van der Waals surface area (Å²) in [6.45, 7) is 0. The zero-order valence-electron chi connectivity index (χ0n) is 6.03. The van der Waals surface area contributed by atoms with Crippen LogP contribution >= 0.6 is 12.6 Å². The zero-order chi connectivity index (χ0) is 8.27. The van der Waals surface area contributed by atoms with Gasteiger partial charge in [-0.15, -0.1) is 0 Å². The highest BCUT2D eigenvalue weighted by atomic mass is 32.1. The highest BCUT2D eigenvalue weighted by molar-refractivity contribution is 7.97. The highest BCUT2D eigenvalue weighted by Crippen LogP contribution is 2.12. The molecule has 0 aromatic heterocycles. The molecule has 0 heterocycles. The van der Waals surface area contributed by atoms with Crippen molar-refractivity contribution < 1.29 is 9.53 Å². The van der Waals surface area contributed by atoms with Gasteiger partial charge in [-0.2, -0.15) is 0 Å². The van der Waals surface area contributed by atoms with Crippen molar-refractivity contribution in [2.24, 2.45) is 0 Å². The first-order valence-electron chi connectivity index (χ1n) is 3.09. The van der Waals surface area contributed by atoms with E-state index in [4.69, 9.17) is 4.74 Å². The van der Waals surface area contributed by atoms with Gasteiger partial charge >= 0.3 is 0 Å². The summed E-state index contributed by atoms with van der Waals surface area (Å²) in [4.78, 5) is 10.6. The zero-order valence-corrected chi connectivity index (χ0v) is 6.85. The van der Waals surface area contributed by atoms with Crippen molar-refractivity contribution in [2.45, 2.75) is 0 Å². The average molecular weight is 167 g/mol. The number of ether oxygens (including phenoxy) is 1. The molecule has 2 nitrogen and oxygen atoms in total. The molecule has 0 aliphatic carbocycles. The van der Waals surface area contributed by atoms with Crippen LogP contribution in [0.1, 0.15) is 10.4 Å². The van der Waals surface area contributed by atoms with Crippen molar-refractivity contribution in [3.63, 3.8) is 0 Å². The molecule has 57 valence electrons. The lowest BCUT2D eigenvalue weighted by Crippen LogP contribution is -1.88. The molecular weight excluding hydrogens is 160 g/mol. The van der Waals surface area contributed by atoms with E-state index < -0.39 is 0 Å². The molecule has 1 rings (SSSR count). The number of benzene rings is 1. The van der Waals surface area contributed by atoms with E-state index in [9.17, 15) is 4.79 Å². The van der Waals surface area contributed by atoms with Gasteiger partial charge in [-0.25, -0.2) is 0 Å². The van der Waals surface area contributed by atoms with Gasteiger partial charge in [0.05, 0.1) is 7.11 Å². The summed E-state index contributed by atoms with van der Waals surface area (Å²) in [5.41, 5.74) is 0.529. The maximum Gasteiger partial charge on any atom is 0.249 e. The molecule has 3 heteroatoms. The summed E-state index contributed by atoms with van der Waals surface area (Å²) >= 11 is 4.45. The molecule has 0 atom stereocenters. The van der Waals surface area contributed by atoms with Gasteiger partial charge in [0.25, 0.3) is 0 Å². The Morgan fingerprint density at radius 2 is 1.91 bits per heavy atom. The molecular formula is C8H7O2S. The predicted octanol–water partition coefficient (Wildman–Crippen LogP) is 2.03. The molecule has 0 amide bonds. The average Bonchev–Trinajstić information content (AvgIpc) is 2.05. The van der Waals surface area contributed by atoms with Gasteiger partial charge < -0.3 is 4.74 Å². The van der Waals surface area contributed by atoms with Gasteiger partial charge in [0.15, 0.2) is 0 Å². The van der Waals surface area contributed by atoms with Gasteiger partial charge in [0.2, 0.25) is 5.12 Å². The lowest BCUT2D eigenvalue weighted by atomic mass is 10.2. The third-order valence-corrected chi connectivity index (χ3v) is 1.56. The minimum Gasteiger partial charge on any atom is -0.497 e. The van der Waals surface area contributed by atoms with E-state index in [1.165, 1.54) is 0 Å². The predicted molar refractivity (Wildman–Crippen MR) is 44.9 cm³/mol. The lowest BCUT2D eigenvalue weighted by Gasteiger charge is -1.98. The van der Waals surface area contributed by atoms with Crippen LogP contribution < -0.4 is 4.74 Å². The van der Waals surface area contributed by atoms with E-state index in [-0.39, 0.29) is 5.12 Å². The second kappa shape index (κ2) is 3.34. The Hall–Kier alpha value is -1.09. The molecule has 1 aromatic carbocycles. The van der Waals surface area contributed by atoms with Crippen molar-refractivity contribution in [1.29, 1.82) is 0 Å². The number of hydrogen-bond acceptors (Lipinski definition) is 2. The van der Waals surface area contributed by atoms with Crippen LogP contribution in [0.5, 0.6) is 5.75 Å². The molecule has 0 aliphatic heterocycles. The van der Waals surface area contributed by atoms with Crippen LogP contribution in [0.2, 0.25) is 0 Å². The topological polar surface area (TPSA) is 26.3 Å². The Kier molecular flexibility index (Phi) is 2.44. The maximum atomic E-state index is 10.6. The van der Waals surface area contributed by atoms with Crippen molar-refractivity contribution in [2.75, 3.05) is 7.11 Å². The largest absolute Gasteiger partial charge is 0.497 e. The number of rotatable bonds is 2. The smallest absolute Gasteiger partial charge is 0.249 e. The van der Waals surface area contributed by atoms with Gasteiger partial charge in [-0.1, -0.05) is 0 Å². The molecule has 0 N–H and O–H groups in total. The Balaban J connectivity index is 2.91. The van der Waals surface area contributed by atoms with Crippen LogP contribution in [0.4, 0.5) is 0 Å². The Bertz CT molecular complexity index is 253. The standard InChI is InChI=1S/C8H7O2S/c1-10-7-4-2-6(3-5-7)8(9)11/h2-5H,1H3. The van der Waals surface area contributed by atoms with E-state index in [1.54, 1.807) is 31.4 Å². The van der Waals surface area contributed by atoms with Crippen LogP contribution in [-0.2, 0) is 0 Å². The van der Waals surface area contributed by atoms with Gasteiger partial charge in [-0.05, 0) is 36.9 Å². The molecule has 0 bridgehead atoms. The van der Waals surface area contributed by atoms with E-state index in [0.717, 1.165) is 5.75 Å². The van der Waals surface area contributed by atoms with Gasteiger partial charge in [0.1, 0.15) is 5.75 Å². The van der Waals surface area contributed by atoms with Crippen LogP contribution in [-0.4, -0.2) is 12.2 Å². The van der Waals surface area contributed by atoms with Crippen LogP contribution in [0, 0.1) is 0 Å². The normalized spacial score (nSPS) is 9.18. The van der Waals surface area contributed by atoms with Crippen LogP contribution in [0.15, 0.2) is 24.3 Å². The first-order chi connectivity index (χ1) is 5.24. The third kappa shape index (κ3) is 1.91. The SMILES string of the molecule is COc1ccc(C(=O)[S])cc1. The fourth-order valence-corrected chi connectivity index (χ4v) is 0.863. The molecule has 0 aliphatic rings. The molecule has 0 saturated carbocycles.